The SMILES string of the molecule is Cl.Cl.NCC(C(=O)N1CCN(c2ccccc2F)CC1)c1ccccc1. The summed E-state index contributed by atoms with van der Waals surface area (Å²) in [5, 5.41) is 0. The summed E-state index contributed by atoms with van der Waals surface area (Å²) in [6, 6.07) is 16.4. The fourth-order valence-corrected chi connectivity index (χ4v) is 3.16. The highest BCUT2D eigenvalue weighted by atomic mass is 35.5. The maximum Gasteiger partial charge on any atom is 0.231 e. The predicted molar refractivity (Wildman–Crippen MR) is 108 cm³/mol. The molecule has 0 radical (unpaired) electrons. The summed E-state index contributed by atoms with van der Waals surface area (Å²) >= 11 is 0. The third-order valence-corrected chi connectivity index (χ3v) is 4.52. The Kier molecular flexibility index (Phi) is 8.85. The second-order valence-electron chi connectivity index (χ2n) is 5.96. The number of hydrogen-bond donors (Lipinski definition) is 1. The number of carbonyl (C=O) groups is 1. The molecule has 1 atom stereocenters. The molecule has 7 heteroatoms. The summed E-state index contributed by atoms with van der Waals surface area (Å²) in [7, 11) is 0. The molecule has 0 aliphatic carbocycles. The molecular weight excluding hydrogens is 376 g/mol. The highest BCUT2D eigenvalue weighted by Gasteiger charge is 2.28. The first-order valence-electron chi connectivity index (χ1n) is 8.24. The normalized spacial score (nSPS) is 14.8. The van der Waals surface area contributed by atoms with E-state index >= 15 is 0 Å². The Bertz CT molecular complexity index is 694. The minimum atomic E-state index is -0.314. The van der Waals surface area contributed by atoms with Gasteiger partial charge in [-0.1, -0.05) is 42.5 Å². The fourth-order valence-electron chi connectivity index (χ4n) is 3.16. The number of para-hydroxylation sites is 1. The zero-order chi connectivity index (χ0) is 16.9. The molecule has 1 amide bonds. The first-order chi connectivity index (χ1) is 11.7. The van der Waals surface area contributed by atoms with Gasteiger partial charge in [0.15, 0.2) is 0 Å². The van der Waals surface area contributed by atoms with E-state index in [1.807, 2.05) is 46.2 Å². The molecule has 1 aliphatic heterocycles. The van der Waals surface area contributed by atoms with Gasteiger partial charge in [-0.05, 0) is 17.7 Å². The van der Waals surface area contributed by atoms with Crippen LogP contribution in [0.2, 0.25) is 0 Å². The van der Waals surface area contributed by atoms with Gasteiger partial charge in [0.2, 0.25) is 5.91 Å². The van der Waals surface area contributed by atoms with E-state index in [4.69, 9.17) is 5.73 Å². The number of hydrogen-bond acceptors (Lipinski definition) is 3. The van der Waals surface area contributed by atoms with Crippen LogP contribution in [0.5, 0.6) is 0 Å². The fraction of sp³-hybridized carbons (Fsp3) is 0.316. The summed E-state index contributed by atoms with van der Waals surface area (Å²) in [5.74, 6) is -0.482. The highest BCUT2D eigenvalue weighted by Crippen LogP contribution is 2.22. The standard InChI is InChI=1S/C19H22FN3O.2ClH/c20-17-8-4-5-9-18(17)22-10-12-23(13-11-22)19(24)16(14-21)15-6-2-1-3-7-15;;/h1-9,16H,10-14,21H2;2*1H. The molecule has 2 aromatic carbocycles. The second kappa shape index (κ2) is 10.4. The number of piperazine rings is 1. The number of anilines is 1. The van der Waals surface area contributed by atoms with Crippen LogP contribution in [-0.4, -0.2) is 43.5 Å². The first kappa shape index (κ1) is 22.2. The van der Waals surface area contributed by atoms with Crippen molar-refractivity contribution in [3.05, 3.63) is 66.0 Å². The average molecular weight is 400 g/mol. The highest BCUT2D eigenvalue weighted by molar-refractivity contribution is 5.85. The topological polar surface area (TPSA) is 49.6 Å². The summed E-state index contributed by atoms with van der Waals surface area (Å²) in [5.41, 5.74) is 7.39. The van der Waals surface area contributed by atoms with Crippen LogP contribution in [0.1, 0.15) is 11.5 Å². The molecule has 1 aliphatic rings. The second-order valence-corrected chi connectivity index (χ2v) is 5.96. The minimum absolute atomic E-state index is 0. The Balaban J connectivity index is 0.00000169. The molecule has 0 aromatic heterocycles. The van der Waals surface area contributed by atoms with Crippen molar-refractivity contribution in [2.75, 3.05) is 37.6 Å². The van der Waals surface area contributed by atoms with Crippen molar-refractivity contribution in [2.24, 2.45) is 5.73 Å². The monoisotopic (exact) mass is 399 g/mol. The quantitative estimate of drug-likeness (QED) is 0.859. The first-order valence-corrected chi connectivity index (χ1v) is 8.24. The summed E-state index contributed by atoms with van der Waals surface area (Å²) in [6.07, 6.45) is 0. The molecule has 0 saturated carbocycles. The number of nitrogens with zero attached hydrogens (tertiary/aromatic N) is 2. The van der Waals surface area contributed by atoms with Crippen LogP contribution in [0.4, 0.5) is 10.1 Å². The molecule has 2 N–H and O–H groups in total. The molecule has 1 unspecified atom stereocenters. The van der Waals surface area contributed by atoms with Gasteiger partial charge >= 0.3 is 0 Å². The largest absolute Gasteiger partial charge is 0.366 e. The zero-order valence-corrected chi connectivity index (χ0v) is 16.0. The van der Waals surface area contributed by atoms with E-state index in [-0.39, 0.29) is 49.0 Å². The molecule has 2 aromatic rings. The van der Waals surface area contributed by atoms with E-state index in [2.05, 4.69) is 0 Å². The Labute approximate surface area is 166 Å². The van der Waals surface area contributed by atoms with Crippen LogP contribution in [0, 0.1) is 5.82 Å². The Hall–Kier alpha value is -1.82. The molecule has 4 nitrogen and oxygen atoms in total. The van der Waals surface area contributed by atoms with E-state index in [1.165, 1.54) is 6.07 Å². The van der Waals surface area contributed by atoms with Crippen molar-refractivity contribution in [3.63, 3.8) is 0 Å². The van der Waals surface area contributed by atoms with Gasteiger partial charge in [-0.15, -0.1) is 24.8 Å². The number of carbonyl (C=O) groups excluding carboxylic acids is 1. The lowest BCUT2D eigenvalue weighted by atomic mass is 9.97. The van der Waals surface area contributed by atoms with E-state index in [0.29, 0.717) is 31.9 Å². The minimum Gasteiger partial charge on any atom is -0.366 e. The lowest BCUT2D eigenvalue weighted by Crippen LogP contribution is -2.51. The van der Waals surface area contributed by atoms with Crippen LogP contribution in [0.15, 0.2) is 54.6 Å². The van der Waals surface area contributed by atoms with E-state index < -0.39 is 0 Å². The number of benzene rings is 2. The Morgan fingerprint density at radius 1 is 0.962 bits per heavy atom. The van der Waals surface area contributed by atoms with Crippen molar-refractivity contribution in [3.8, 4) is 0 Å². The molecular formula is C19H24Cl2FN3O. The van der Waals surface area contributed by atoms with Crippen molar-refractivity contribution < 1.29 is 9.18 Å². The van der Waals surface area contributed by atoms with E-state index in [0.717, 1.165) is 5.56 Å². The van der Waals surface area contributed by atoms with Crippen molar-refractivity contribution in [2.45, 2.75) is 5.92 Å². The van der Waals surface area contributed by atoms with Gasteiger partial charge in [0.25, 0.3) is 0 Å². The van der Waals surface area contributed by atoms with Gasteiger partial charge < -0.3 is 15.5 Å². The maximum absolute atomic E-state index is 13.9. The smallest absolute Gasteiger partial charge is 0.231 e. The number of nitrogens with two attached hydrogens (primary N) is 1. The van der Waals surface area contributed by atoms with Crippen molar-refractivity contribution >= 4 is 36.4 Å². The van der Waals surface area contributed by atoms with Gasteiger partial charge in [0.05, 0.1) is 11.6 Å². The lowest BCUT2D eigenvalue weighted by molar-refractivity contribution is -0.132. The van der Waals surface area contributed by atoms with Crippen LogP contribution >= 0.6 is 24.8 Å². The molecule has 1 heterocycles. The Morgan fingerprint density at radius 3 is 2.12 bits per heavy atom. The van der Waals surface area contributed by atoms with Crippen LogP contribution in [-0.2, 0) is 4.79 Å². The van der Waals surface area contributed by atoms with Crippen LogP contribution < -0.4 is 10.6 Å². The molecule has 0 bridgehead atoms. The van der Waals surface area contributed by atoms with Gasteiger partial charge in [-0.2, -0.15) is 0 Å². The third-order valence-electron chi connectivity index (χ3n) is 4.52. The molecule has 0 spiro atoms. The third kappa shape index (κ3) is 4.87. The van der Waals surface area contributed by atoms with Crippen LogP contribution in [0.3, 0.4) is 0 Å². The average Bonchev–Trinajstić information content (AvgIpc) is 2.64. The van der Waals surface area contributed by atoms with E-state index in [9.17, 15) is 9.18 Å². The van der Waals surface area contributed by atoms with Crippen molar-refractivity contribution in [1.82, 2.24) is 4.90 Å². The van der Waals surface area contributed by atoms with Gasteiger partial charge in [-0.3, -0.25) is 4.79 Å². The predicted octanol–water partition coefficient (Wildman–Crippen LogP) is 3.06. The molecule has 142 valence electrons. The number of halogens is 3. The number of rotatable bonds is 4. The van der Waals surface area contributed by atoms with Gasteiger partial charge in [0.1, 0.15) is 5.82 Å². The molecule has 1 saturated heterocycles. The van der Waals surface area contributed by atoms with Crippen molar-refractivity contribution in [1.29, 1.82) is 0 Å². The van der Waals surface area contributed by atoms with E-state index in [1.54, 1.807) is 12.1 Å². The Morgan fingerprint density at radius 2 is 1.54 bits per heavy atom. The summed E-state index contributed by atoms with van der Waals surface area (Å²) < 4.78 is 13.9. The van der Waals surface area contributed by atoms with Gasteiger partial charge in [-0.25, -0.2) is 4.39 Å². The zero-order valence-electron chi connectivity index (χ0n) is 14.4. The lowest BCUT2D eigenvalue weighted by Gasteiger charge is -2.37. The van der Waals surface area contributed by atoms with Gasteiger partial charge in [0, 0.05) is 32.7 Å². The number of amides is 1. The summed E-state index contributed by atoms with van der Waals surface area (Å²) in [6.45, 7) is 2.70. The van der Waals surface area contributed by atoms with Crippen LogP contribution in [0.25, 0.3) is 0 Å². The molecule has 1 fully saturated rings. The maximum atomic E-state index is 13.9. The molecule has 3 rings (SSSR count). The molecule has 26 heavy (non-hydrogen) atoms. The summed E-state index contributed by atoms with van der Waals surface area (Å²) in [4.78, 5) is 16.6.